The van der Waals surface area contributed by atoms with Gasteiger partial charge in [-0.3, -0.25) is 0 Å². The molecule has 11 aromatic carbocycles. The van der Waals surface area contributed by atoms with E-state index < -0.39 is 0 Å². The Labute approximate surface area is 367 Å². The second kappa shape index (κ2) is 15.3. The largest absolute Gasteiger partial charge is 0.309 e. The monoisotopic (exact) mass is 799 g/mol. The molecule has 12 aromatic rings. The molecule has 294 valence electrons. The number of aromatic nitrogens is 1. The lowest BCUT2D eigenvalue weighted by Gasteiger charge is -2.17. The highest BCUT2D eigenvalue weighted by atomic mass is 15.0. The van der Waals surface area contributed by atoms with E-state index in [9.17, 15) is 0 Å². The van der Waals surface area contributed by atoms with Crippen molar-refractivity contribution in [2.75, 3.05) is 0 Å². The molecule has 1 aromatic heterocycles. The zero-order chi connectivity index (χ0) is 41.7. The first kappa shape index (κ1) is 36.6. The Morgan fingerprint density at radius 1 is 0.206 bits per heavy atom. The summed E-state index contributed by atoms with van der Waals surface area (Å²) in [7, 11) is 0. The van der Waals surface area contributed by atoms with E-state index in [0.29, 0.717) is 0 Å². The maximum Gasteiger partial charge on any atom is 0.0535 e. The smallest absolute Gasteiger partial charge is 0.0535 e. The van der Waals surface area contributed by atoms with Gasteiger partial charge in [0.25, 0.3) is 0 Å². The molecule has 1 heterocycles. The lowest BCUT2D eigenvalue weighted by molar-refractivity contribution is 1.10. The highest BCUT2D eigenvalue weighted by Gasteiger charge is 2.17. The molecule has 0 bridgehead atoms. The topological polar surface area (TPSA) is 4.93 Å². The SMILES string of the molecule is c1ccc(-c2ccc(-c3ccccc3)n2-c2ccc3cc4c(-c5ccc(-c6cccc7ccccc67)cc5)ccc(-c5ccc(-c6cccc7ccccc67)cc5)c4cc3c2)cc1. The summed E-state index contributed by atoms with van der Waals surface area (Å²) in [5.74, 6) is 0. The molecule has 0 amide bonds. The number of rotatable bonds is 7. The summed E-state index contributed by atoms with van der Waals surface area (Å²) in [6.07, 6.45) is 0. The number of fused-ring (bicyclic) bond motifs is 4. The summed E-state index contributed by atoms with van der Waals surface area (Å²) < 4.78 is 2.41. The third-order valence-electron chi connectivity index (χ3n) is 12.8. The number of benzene rings is 11. The number of nitrogens with zero attached hydrogens (tertiary/aromatic N) is 1. The van der Waals surface area contributed by atoms with Crippen molar-refractivity contribution in [1.29, 1.82) is 0 Å². The molecule has 63 heavy (non-hydrogen) atoms. The standard InChI is InChI=1S/C62H41N/c1-3-15-48(16-4-1)61-37-38-62(49-17-5-2-6-18-49)63(61)52-34-33-50-40-59-57(46-29-25-44(26-30-46)55-23-11-19-42-13-7-9-21-53(42)55)35-36-58(60(59)41-51(50)39-52)47-31-27-45(28-32-47)56-24-12-20-43-14-8-10-22-54(43)56/h1-41H. The quantitative estimate of drug-likeness (QED) is 0.142. The van der Waals surface area contributed by atoms with Crippen molar-refractivity contribution in [2.45, 2.75) is 0 Å². The van der Waals surface area contributed by atoms with Crippen molar-refractivity contribution in [1.82, 2.24) is 4.57 Å². The van der Waals surface area contributed by atoms with Gasteiger partial charge in [-0.1, -0.05) is 212 Å². The molecular formula is C62H41N. The first-order valence-corrected chi connectivity index (χ1v) is 21.7. The molecular weight excluding hydrogens is 759 g/mol. The minimum Gasteiger partial charge on any atom is -0.309 e. The van der Waals surface area contributed by atoms with Gasteiger partial charge >= 0.3 is 0 Å². The Morgan fingerprint density at radius 2 is 0.603 bits per heavy atom. The fraction of sp³-hybridized carbons (Fsp3) is 0. The molecule has 0 aliphatic heterocycles. The predicted molar refractivity (Wildman–Crippen MR) is 268 cm³/mol. The molecule has 1 nitrogen and oxygen atoms in total. The third-order valence-corrected chi connectivity index (χ3v) is 12.8. The fourth-order valence-corrected chi connectivity index (χ4v) is 9.72. The van der Waals surface area contributed by atoms with Crippen molar-refractivity contribution >= 4 is 43.1 Å². The summed E-state index contributed by atoms with van der Waals surface area (Å²) in [6.45, 7) is 0. The van der Waals surface area contributed by atoms with E-state index >= 15 is 0 Å². The van der Waals surface area contributed by atoms with Crippen LogP contribution in [0.1, 0.15) is 0 Å². The highest BCUT2D eigenvalue weighted by molar-refractivity contribution is 6.11. The van der Waals surface area contributed by atoms with Crippen molar-refractivity contribution in [2.24, 2.45) is 0 Å². The van der Waals surface area contributed by atoms with Crippen molar-refractivity contribution in [3.8, 4) is 72.7 Å². The van der Waals surface area contributed by atoms with Crippen LogP contribution in [0.4, 0.5) is 0 Å². The molecule has 0 saturated carbocycles. The molecule has 0 unspecified atom stereocenters. The second-order valence-electron chi connectivity index (χ2n) is 16.5. The molecule has 0 atom stereocenters. The van der Waals surface area contributed by atoms with Gasteiger partial charge in [-0.05, 0) is 135 Å². The maximum absolute atomic E-state index is 2.42. The van der Waals surface area contributed by atoms with E-state index in [2.05, 4.69) is 253 Å². The molecule has 0 aliphatic rings. The van der Waals surface area contributed by atoms with Gasteiger partial charge in [0.15, 0.2) is 0 Å². The summed E-state index contributed by atoms with van der Waals surface area (Å²) in [4.78, 5) is 0. The van der Waals surface area contributed by atoms with Gasteiger partial charge in [-0.2, -0.15) is 0 Å². The summed E-state index contributed by atoms with van der Waals surface area (Å²) in [5, 5.41) is 9.92. The minimum absolute atomic E-state index is 1.13. The predicted octanol–water partition coefficient (Wildman–Crippen LogP) is 17.1. The van der Waals surface area contributed by atoms with E-state index in [1.54, 1.807) is 0 Å². The van der Waals surface area contributed by atoms with Crippen LogP contribution >= 0.6 is 0 Å². The Bertz CT molecular complexity index is 3570. The van der Waals surface area contributed by atoms with Gasteiger partial charge < -0.3 is 4.57 Å². The molecule has 0 fully saturated rings. The van der Waals surface area contributed by atoms with Crippen LogP contribution in [0.5, 0.6) is 0 Å². The summed E-state index contributed by atoms with van der Waals surface area (Å²) in [5.41, 5.74) is 15.6. The van der Waals surface area contributed by atoms with Crippen LogP contribution in [0, 0.1) is 0 Å². The Morgan fingerprint density at radius 3 is 1.08 bits per heavy atom. The van der Waals surface area contributed by atoms with Crippen LogP contribution in [0.2, 0.25) is 0 Å². The second-order valence-corrected chi connectivity index (χ2v) is 16.5. The summed E-state index contributed by atoms with van der Waals surface area (Å²) >= 11 is 0. The van der Waals surface area contributed by atoms with Crippen molar-refractivity contribution in [3.63, 3.8) is 0 Å². The van der Waals surface area contributed by atoms with Crippen LogP contribution in [0.3, 0.4) is 0 Å². The molecule has 0 radical (unpaired) electrons. The van der Waals surface area contributed by atoms with Gasteiger partial charge in [-0.15, -0.1) is 0 Å². The molecule has 12 rings (SSSR count). The molecule has 1 heteroatoms. The van der Waals surface area contributed by atoms with Crippen LogP contribution in [0.25, 0.3) is 116 Å². The maximum atomic E-state index is 2.42. The average molecular weight is 800 g/mol. The fourth-order valence-electron chi connectivity index (χ4n) is 9.72. The van der Waals surface area contributed by atoms with Gasteiger partial charge in [-0.25, -0.2) is 0 Å². The molecule has 0 spiro atoms. The first-order valence-electron chi connectivity index (χ1n) is 21.7. The van der Waals surface area contributed by atoms with Crippen molar-refractivity contribution < 1.29 is 0 Å². The van der Waals surface area contributed by atoms with E-state index in [4.69, 9.17) is 0 Å². The lowest BCUT2D eigenvalue weighted by Crippen LogP contribution is -1.99. The Kier molecular flexibility index (Phi) is 8.90. The van der Waals surface area contributed by atoms with Gasteiger partial charge in [0.2, 0.25) is 0 Å². The van der Waals surface area contributed by atoms with E-state index in [0.717, 1.165) is 17.1 Å². The number of hydrogen-bond donors (Lipinski definition) is 0. The van der Waals surface area contributed by atoms with Crippen LogP contribution in [0.15, 0.2) is 249 Å². The van der Waals surface area contributed by atoms with Crippen LogP contribution in [-0.2, 0) is 0 Å². The summed E-state index contributed by atoms with van der Waals surface area (Å²) in [6, 6.07) is 91.1. The van der Waals surface area contributed by atoms with Crippen LogP contribution in [-0.4, -0.2) is 4.57 Å². The van der Waals surface area contributed by atoms with Gasteiger partial charge in [0.1, 0.15) is 0 Å². The van der Waals surface area contributed by atoms with E-state index in [1.807, 2.05) is 0 Å². The van der Waals surface area contributed by atoms with E-state index in [-0.39, 0.29) is 0 Å². The third kappa shape index (κ3) is 6.50. The van der Waals surface area contributed by atoms with Gasteiger partial charge in [0, 0.05) is 5.69 Å². The Hall–Kier alpha value is -8.26. The zero-order valence-corrected chi connectivity index (χ0v) is 34.6. The Balaban J connectivity index is 1.03. The van der Waals surface area contributed by atoms with Crippen molar-refractivity contribution in [3.05, 3.63) is 249 Å². The number of hydrogen-bond acceptors (Lipinski definition) is 0. The molecule has 0 N–H and O–H groups in total. The zero-order valence-electron chi connectivity index (χ0n) is 34.6. The van der Waals surface area contributed by atoms with Gasteiger partial charge in [0.05, 0.1) is 11.4 Å². The highest BCUT2D eigenvalue weighted by Crippen LogP contribution is 2.41. The van der Waals surface area contributed by atoms with E-state index in [1.165, 1.54) is 98.7 Å². The van der Waals surface area contributed by atoms with Crippen LogP contribution < -0.4 is 0 Å². The lowest BCUT2D eigenvalue weighted by atomic mass is 9.89. The first-order chi connectivity index (χ1) is 31.2. The average Bonchev–Trinajstić information content (AvgIpc) is 3.81. The molecule has 0 aliphatic carbocycles. The normalized spacial score (nSPS) is 11.5. The minimum atomic E-state index is 1.13. The molecule has 0 saturated heterocycles.